The van der Waals surface area contributed by atoms with Crippen LogP contribution in [0.1, 0.15) is 38.9 Å². The number of anilines is 2. The Hall–Kier alpha value is -1.17. The topological polar surface area (TPSA) is 66.9 Å². The third kappa shape index (κ3) is 4.44. The Morgan fingerprint density at radius 1 is 1.25 bits per heavy atom. The Morgan fingerprint density at radius 3 is 2.60 bits per heavy atom. The van der Waals surface area contributed by atoms with Gasteiger partial charge in [-0.05, 0) is 19.3 Å². The lowest BCUT2D eigenvalue weighted by molar-refractivity contribution is 0.622. The summed E-state index contributed by atoms with van der Waals surface area (Å²) >= 11 is 0. The smallest absolute Gasteiger partial charge is 0.132 e. The summed E-state index contributed by atoms with van der Waals surface area (Å²) in [6.45, 7) is 5.12. The van der Waals surface area contributed by atoms with Crippen LogP contribution in [-0.2, 0) is 17.2 Å². The van der Waals surface area contributed by atoms with Crippen LogP contribution in [0.4, 0.5) is 11.6 Å². The van der Waals surface area contributed by atoms with Crippen LogP contribution in [-0.4, -0.2) is 38.3 Å². The molecule has 1 aromatic heterocycles. The summed E-state index contributed by atoms with van der Waals surface area (Å²) in [7, 11) is -0.619. The molecule has 0 radical (unpaired) electrons. The second-order valence-corrected chi connectivity index (χ2v) is 6.80. The van der Waals surface area contributed by atoms with E-state index in [-0.39, 0.29) is 0 Å². The summed E-state index contributed by atoms with van der Waals surface area (Å²) in [4.78, 5) is 9.02. The predicted molar refractivity (Wildman–Crippen MR) is 84.7 cm³/mol. The summed E-state index contributed by atoms with van der Waals surface area (Å²) in [5.41, 5.74) is 0. The van der Waals surface area contributed by atoms with Gasteiger partial charge < -0.3 is 10.6 Å². The molecule has 1 saturated heterocycles. The number of hydrogen-bond acceptors (Lipinski definition) is 5. The molecule has 0 saturated carbocycles. The second-order valence-electron chi connectivity index (χ2n) is 5.10. The largest absolute Gasteiger partial charge is 0.370 e. The highest BCUT2D eigenvalue weighted by Gasteiger charge is 2.18. The molecule has 20 heavy (non-hydrogen) atoms. The van der Waals surface area contributed by atoms with Crippen molar-refractivity contribution in [2.45, 2.75) is 45.6 Å². The Bertz CT molecular complexity index is 456. The van der Waals surface area contributed by atoms with Gasteiger partial charge in [0.15, 0.2) is 0 Å². The van der Waals surface area contributed by atoms with E-state index in [9.17, 15) is 4.21 Å². The number of aryl methyl sites for hydroxylation is 1. The minimum atomic E-state index is -0.619. The molecule has 2 heterocycles. The zero-order chi connectivity index (χ0) is 14.4. The molecule has 1 aromatic rings. The van der Waals surface area contributed by atoms with Crippen molar-refractivity contribution >= 4 is 22.4 Å². The SMILES string of the molecule is CCCNc1cc(NC2CCS(=O)CC2)nc(CC)n1. The molecule has 2 rings (SSSR count). The van der Waals surface area contributed by atoms with Gasteiger partial charge in [0.2, 0.25) is 0 Å². The molecular formula is C14H24N4OS. The maximum absolute atomic E-state index is 11.4. The van der Waals surface area contributed by atoms with Gasteiger partial charge in [0, 0.05) is 47.4 Å². The highest BCUT2D eigenvalue weighted by molar-refractivity contribution is 7.85. The van der Waals surface area contributed by atoms with E-state index in [1.54, 1.807) is 0 Å². The fourth-order valence-electron chi connectivity index (χ4n) is 2.22. The van der Waals surface area contributed by atoms with E-state index in [1.807, 2.05) is 6.07 Å². The van der Waals surface area contributed by atoms with Crippen molar-refractivity contribution < 1.29 is 4.21 Å². The van der Waals surface area contributed by atoms with Crippen molar-refractivity contribution in [2.75, 3.05) is 28.7 Å². The molecule has 112 valence electrons. The first-order chi connectivity index (χ1) is 9.71. The highest BCUT2D eigenvalue weighted by Crippen LogP contribution is 2.17. The van der Waals surface area contributed by atoms with Gasteiger partial charge in [-0.25, -0.2) is 9.97 Å². The van der Waals surface area contributed by atoms with Crippen LogP contribution in [0.15, 0.2) is 6.07 Å². The average molecular weight is 296 g/mol. The molecule has 0 unspecified atom stereocenters. The van der Waals surface area contributed by atoms with Crippen LogP contribution in [0.2, 0.25) is 0 Å². The average Bonchev–Trinajstić information content (AvgIpc) is 2.47. The van der Waals surface area contributed by atoms with Crippen LogP contribution in [0.3, 0.4) is 0 Å². The summed E-state index contributed by atoms with van der Waals surface area (Å²) < 4.78 is 11.4. The van der Waals surface area contributed by atoms with Gasteiger partial charge in [-0.2, -0.15) is 0 Å². The summed E-state index contributed by atoms with van der Waals surface area (Å²) in [6.07, 6.45) is 3.80. The van der Waals surface area contributed by atoms with E-state index in [0.29, 0.717) is 6.04 Å². The van der Waals surface area contributed by atoms with Gasteiger partial charge in [-0.15, -0.1) is 0 Å². The molecule has 2 N–H and O–H groups in total. The zero-order valence-electron chi connectivity index (χ0n) is 12.3. The van der Waals surface area contributed by atoms with E-state index in [1.165, 1.54) is 0 Å². The van der Waals surface area contributed by atoms with Crippen molar-refractivity contribution in [3.8, 4) is 0 Å². The van der Waals surface area contributed by atoms with E-state index < -0.39 is 10.8 Å². The van der Waals surface area contributed by atoms with Crippen molar-refractivity contribution in [2.24, 2.45) is 0 Å². The summed E-state index contributed by atoms with van der Waals surface area (Å²) in [5, 5.41) is 6.78. The fourth-order valence-corrected chi connectivity index (χ4v) is 3.52. The van der Waals surface area contributed by atoms with Crippen molar-refractivity contribution in [3.05, 3.63) is 11.9 Å². The molecule has 0 bridgehead atoms. The van der Waals surface area contributed by atoms with Crippen molar-refractivity contribution in [3.63, 3.8) is 0 Å². The number of nitrogens with one attached hydrogen (secondary N) is 2. The number of aromatic nitrogens is 2. The molecule has 6 heteroatoms. The first kappa shape index (κ1) is 15.2. The van der Waals surface area contributed by atoms with E-state index in [2.05, 4.69) is 34.4 Å². The predicted octanol–water partition coefficient (Wildman–Crippen LogP) is 2.18. The molecule has 1 aliphatic rings. The van der Waals surface area contributed by atoms with E-state index >= 15 is 0 Å². The maximum atomic E-state index is 11.4. The minimum Gasteiger partial charge on any atom is -0.370 e. The fraction of sp³-hybridized carbons (Fsp3) is 0.714. The first-order valence-corrected chi connectivity index (χ1v) is 8.93. The van der Waals surface area contributed by atoms with Gasteiger partial charge >= 0.3 is 0 Å². The van der Waals surface area contributed by atoms with Crippen LogP contribution < -0.4 is 10.6 Å². The zero-order valence-corrected chi connectivity index (χ0v) is 13.1. The Kier molecular flexibility index (Phi) is 5.76. The molecule has 0 spiro atoms. The second kappa shape index (κ2) is 7.57. The van der Waals surface area contributed by atoms with E-state index in [0.717, 1.165) is 61.2 Å². The molecule has 1 aliphatic heterocycles. The van der Waals surface area contributed by atoms with Crippen LogP contribution in [0.5, 0.6) is 0 Å². The molecule has 0 aromatic carbocycles. The number of nitrogens with zero attached hydrogens (tertiary/aromatic N) is 2. The Labute approximate surface area is 123 Å². The van der Waals surface area contributed by atoms with E-state index in [4.69, 9.17) is 0 Å². The summed E-state index contributed by atoms with van der Waals surface area (Å²) in [5.74, 6) is 4.22. The first-order valence-electron chi connectivity index (χ1n) is 7.44. The Morgan fingerprint density at radius 2 is 1.95 bits per heavy atom. The molecule has 0 atom stereocenters. The lowest BCUT2D eigenvalue weighted by Crippen LogP contribution is -2.29. The standard InChI is InChI=1S/C14H24N4OS/c1-3-7-15-13-10-14(18-12(4-2)17-13)16-11-5-8-20(19)9-6-11/h10-11H,3-9H2,1-2H3,(H2,15,16,17,18). The van der Waals surface area contributed by atoms with Gasteiger partial charge in [-0.1, -0.05) is 13.8 Å². The van der Waals surface area contributed by atoms with Crippen molar-refractivity contribution in [1.82, 2.24) is 9.97 Å². The van der Waals surface area contributed by atoms with Crippen LogP contribution in [0, 0.1) is 0 Å². The molecule has 0 aliphatic carbocycles. The Balaban J connectivity index is 2.03. The van der Waals surface area contributed by atoms with Crippen LogP contribution >= 0.6 is 0 Å². The van der Waals surface area contributed by atoms with Crippen LogP contribution in [0.25, 0.3) is 0 Å². The number of hydrogen-bond donors (Lipinski definition) is 2. The lowest BCUT2D eigenvalue weighted by Gasteiger charge is -2.23. The molecule has 0 amide bonds. The van der Waals surface area contributed by atoms with Gasteiger partial charge in [-0.3, -0.25) is 4.21 Å². The molecule has 5 nitrogen and oxygen atoms in total. The third-order valence-corrected chi connectivity index (χ3v) is 4.77. The minimum absolute atomic E-state index is 0.381. The van der Waals surface area contributed by atoms with Gasteiger partial charge in [0.25, 0.3) is 0 Å². The highest BCUT2D eigenvalue weighted by atomic mass is 32.2. The number of rotatable bonds is 6. The quantitative estimate of drug-likeness (QED) is 0.842. The normalized spacial score (nSPS) is 22.5. The third-order valence-electron chi connectivity index (χ3n) is 3.38. The molecule has 1 fully saturated rings. The van der Waals surface area contributed by atoms with Gasteiger partial charge in [0.1, 0.15) is 17.5 Å². The molecular weight excluding hydrogens is 272 g/mol. The maximum Gasteiger partial charge on any atom is 0.132 e. The van der Waals surface area contributed by atoms with Gasteiger partial charge in [0.05, 0.1) is 0 Å². The lowest BCUT2D eigenvalue weighted by atomic mass is 10.1. The van der Waals surface area contributed by atoms with Crippen molar-refractivity contribution in [1.29, 1.82) is 0 Å². The monoisotopic (exact) mass is 296 g/mol. The summed E-state index contributed by atoms with van der Waals surface area (Å²) in [6, 6.07) is 2.35.